The molecule has 2 N–H and O–H groups in total. The van der Waals surface area contributed by atoms with Crippen molar-refractivity contribution < 1.29 is 22.6 Å². The van der Waals surface area contributed by atoms with E-state index in [9.17, 15) is 13.2 Å². The molecule has 0 aliphatic rings. The molecule has 0 fully saturated rings. The van der Waals surface area contributed by atoms with Crippen LogP contribution in [0, 0.1) is 0 Å². The Kier molecular flexibility index (Phi) is 7.75. The van der Waals surface area contributed by atoms with E-state index >= 15 is 0 Å². The molecular weight excluding hydrogens is 295 g/mol. The van der Waals surface area contributed by atoms with Gasteiger partial charge in [-0.3, -0.25) is 0 Å². The quantitative estimate of drug-likeness (QED) is 0.867. The number of nitrogens with two attached hydrogens (primary N) is 1. The molecule has 0 radical (unpaired) electrons. The Morgan fingerprint density at radius 1 is 1.25 bits per heavy atom. The summed E-state index contributed by atoms with van der Waals surface area (Å²) >= 11 is 0. The number of hydrogen-bond acceptors (Lipinski definition) is 3. The summed E-state index contributed by atoms with van der Waals surface area (Å²) in [6, 6.07) is 4.26. The molecular formula is C13H19ClF3NO2. The maximum atomic E-state index is 12.1. The van der Waals surface area contributed by atoms with Gasteiger partial charge in [0.05, 0.1) is 13.7 Å². The van der Waals surface area contributed by atoms with Crippen LogP contribution < -0.4 is 15.2 Å². The number of alkyl halides is 3. The Hall–Kier alpha value is -1.14. The molecule has 0 heterocycles. The van der Waals surface area contributed by atoms with E-state index in [0.717, 1.165) is 0 Å². The van der Waals surface area contributed by atoms with E-state index in [-0.39, 0.29) is 18.8 Å². The molecule has 1 atom stereocenters. The standard InChI is InChI=1S/C13H18F3NO2.ClH/c1-3-19-11-5-4-9(8-12(11)18-2)10(17)6-7-13(14,15)16;/h4-5,8,10H,3,6-7,17H2,1-2H3;1H/t10-;/m1./s1. The minimum atomic E-state index is -4.19. The van der Waals surface area contributed by atoms with Gasteiger partial charge < -0.3 is 15.2 Å². The van der Waals surface area contributed by atoms with E-state index in [1.54, 1.807) is 18.2 Å². The second kappa shape index (κ2) is 8.21. The van der Waals surface area contributed by atoms with E-state index in [0.29, 0.717) is 23.7 Å². The third-order valence-electron chi connectivity index (χ3n) is 2.65. The highest BCUT2D eigenvalue weighted by Crippen LogP contribution is 2.32. The highest BCUT2D eigenvalue weighted by atomic mass is 35.5. The van der Waals surface area contributed by atoms with Gasteiger partial charge in [0.25, 0.3) is 0 Å². The zero-order valence-electron chi connectivity index (χ0n) is 11.4. The zero-order chi connectivity index (χ0) is 14.5. The highest BCUT2D eigenvalue weighted by molar-refractivity contribution is 5.85. The summed E-state index contributed by atoms with van der Waals surface area (Å²) < 4.78 is 46.9. The molecule has 0 unspecified atom stereocenters. The first kappa shape index (κ1) is 18.9. The van der Waals surface area contributed by atoms with Gasteiger partial charge in [0.15, 0.2) is 11.5 Å². The van der Waals surface area contributed by atoms with Crippen molar-refractivity contribution in [3.8, 4) is 11.5 Å². The lowest BCUT2D eigenvalue weighted by Gasteiger charge is -2.16. The number of ether oxygens (including phenoxy) is 2. The van der Waals surface area contributed by atoms with E-state index < -0.39 is 18.6 Å². The monoisotopic (exact) mass is 313 g/mol. The molecule has 0 aliphatic heterocycles. The van der Waals surface area contributed by atoms with Gasteiger partial charge in [-0.2, -0.15) is 13.2 Å². The first-order valence-corrected chi connectivity index (χ1v) is 6.00. The van der Waals surface area contributed by atoms with Crippen LogP contribution in [0.3, 0.4) is 0 Å². The van der Waals surface area contributed by atoms with Crippen molar-refractivity contribution in [1.29, 1.82) is 0 Å². The number of hydrogen-bond donors (Lipinski definition) is 1. The molecule has 0 aromatic heterocycles. The zero-order valence-corrected chi connectivity index (χ0v) is 12.2. The van der Waals surface area contributed by atoms with Gasteiger partial charge in [0.1, 0.15) is 0 Å². The van der Waals surface area contributed by atoms with Crippen LogP contribution in [0.2, 0.25) is 0 Å². The average molecular weight is 314 g/mol. The second-order valence-electron chi connectivity index (χ2n) is 4.10. The minimum Gasteiger partial charge on any atom is -0.493 e. The summed E-state index contributed by atoms with van der Waals surface area (Å²) in [5.41, 5.74) is 6.35. The number of halogens is 4. The normalized spacial score (nSPS) is 12.5. The predicted octanol–water partition coefficient (Wildman–Crippen LogP) is 3.86. The van der Waals surface area contributed by atoms with Crippen LogP contribution in [0.25, 0.3) is 0 Å². The molecule has 0 amide bonds. The summed E-state index contributed by atoms with van der Waals surface area (Å²) in [5, 5.41) is 0. The third kappa shape index (κ3) is 5.88. The van der Waals surface area contributed by atoms with Gasteiger partial charge in [-0.1, -0.05) is 6.07 Å². The number of methoxy groups -OCH3 is 1. The lowest BCUT2D eigenvalue weighted by atomic mass is 10.0. The molecule has 0 saturated heterocycles. The molecule has 1 aromatic rings. The van der Waals surface area contributed by atoms with Crippen LogP contribution in [0.1, 0.15) is 31.4 Å². The molecule has 0 aliphatic carbocycles. The van der Waals surface area contributed by atoms with Crippen LogP contribution in [-0.2, 0) is 0 Å². The molecule has 116 valence electrons. The van der Waals surface area contributed by atoms with Crippen LogP contribution in [-0.4, -0.2) is 19.9 Å². The van der Waals surface area contributed by atoms with Crippen LogP contribution >= 0.6 is 12.4 Å². The largest absolute Gasteiger partial charge is 0.493 e. The molecule has 1 aromatic carbocycles. The molecule has 0 bridgehead atoms. The summed E-state index contributed by atoms with van der Waals surface area (Å²) in [5.74, 6) is 1.03. The van der Waals surface area contributed by atoms with Crippen LogP contribution in [0.5, 0.6) is 11.5 Å². The SMILES string of the molecule is CCOc1ccc([C@H](N)CCC(F)(F)F)cc1OC.Cl. The molecule has 0 spiro atoms. The second-order valence-corrected chi connectivity index (χ2v) is 4.10. The van der Waals surface area contributed by atoms with Gasteiger partial charge in [-0.05, 0) is 31.0 Å². The van der Waals surface area contributed by atoms with E-state index in [2.05, 4.69) is 0 Å². The van der Waals surface area contributed by atoms with Crippen molar-refractivity contribution in [3.05, 3.63) is 23.8 Å². The van der Waals surface area contributed by atoms with Gasteiger partial charge in [-0.15, -0.1) is 12.4 Å². The van der Waals surface area contributed by atoms with Gasteiger partial charge >= 0.3 is 6.18 Å². The molecule has 1 rings (SSSR count). The molecule has 3 nitrogen and oxygen atoms in total. The van der Waals surface area contributed by atoms with Gasteiger partial charge in [-0.25, -0.2) is 0 Å². The summed E-state index contributed by atoms with van der Waals surface area (Å²) in [6.07, 6.45) is -5.24. The fourth-order valence-electron chi connectivity index (χ4n) is 1.68. The summed E-state index contributed by atoms with van der Waals surface area (Å²) in [7, 11) is 1.48. The Morgan fingerprint density at radius 2 is 1.90 bits per heavy atom. The smallest absolute Gasteiger partial charge is 0.389 e. The minimum absolute atomic E-state index is 0. The van der Waals surface area contributed by atoms with E-state index in [1.807, 2.05) is 6.92 Å². The lowest BCUT2D eigenvalue weighted by molar-refractivity contribution is -0.136. The van der Waals surface area contributed by atoms with Crippen molar-refractivity contribution >= 4 is 12.4 Å². The van der Waals surface area contributed by atoms with E-state index in [1.165, 1.54) is 7.11 Å². The Morgan fingerprint density at radius 3 is 2.40 bits per heavy atom. The van der Waals surface area contributed by atoms with Gasteiger partial charge in [0, 0.05) is 12.5 Å². The van der Waals surface area contributed by atoms with E-state index in [4.69, 9.17) is 15.2 Å². The summed E-state index contributed by atoms with van der Waals surface area (Å²) in [6.45, 7) is 2.32. The first-order chi connectivity index (χ1) is 8.87. The van der Waals surface area contributed by atoms with Crippen molar-refractivity contribution in [3.63, 3.8) is 0 Å². The summed E-state index contributed by atoms with van der Waals surface area (Å²) in [4.78, 5) is 0. The Bertz CT molecular complexity index is 413. The highest BCUT2D eigenvalue weighted by Gasteiger charge is 2.28. The topological polar surface area (TPSA) is 44.5 Å². The lowest BCUT2D eigenvalue weighted by Crippen LogP contribution is -2.15. The molecule has 20 heavy (non-hydrogen) atoms. The fourth-order valence-corrected chi connectivity index (χ4v) is 1.68. The van der Waals surface area contributed by atoms with Crippen molar-refractivity contribution in [2.45, 2.75) is 32.0 Å². The maximum Gasteiger partial charge on any atom is 0.389 e. The first-order valence-electron chi connectivity index (χ1n) is 6.00. The predicted molar refractivity (Wildman–Crippen MR) is 73.6 cm³/mol. The van der Waals surface area contributed by atoms with Crippen molar-refractivity contribution in [2.75, 3.05) is 13.7 Å². The Labute approximate surface area is 122 Å². The molecule has 7 heteroatoms. The van der Waals surface area contributed by atoms with Crippen molar-refractivity contribution in [2.24, 2.45) is 5.73 Å². The number of benzene rings is 1. The fraction of sp³-hybridized carbons (Fsp3) is 0.538. The number of rotatable bonds is 6. The van der Waals surface area contributed by atoms with Gasteiger partial charge in [0.2, 0.25) is 0 Å². The van der Waals surface area contributed by atoms with Crippen LogP contribution in [0.4, 0.5) is 13.2 Å². The van der Waals surface area contributed by atoms with Crippen LogP contribution in [0.15, 0.2) is 18.2 Å². The van der Waals surface area contributed by atoms with Crippen molar-refractivity contribution in [1.82, 2.24) is 0 Å². The molecule has 0 saturated carbocycles. The average Bonchev–Trinajstić information content (AvgIpc) is 2.36. The third-order valence-corrected chi connectivity index (χ3v) is 2.65. The Balaban J connectivity index is 0.00000361. The maximum absolute atomic E-state index is 12.1.